The third-order valence-electron chi connectivity index (χ3n) is 2.37. The van der Waals surface area contributed by atoms with Crippen molar-refractivity contribution in [2.24, 2.45) is 5.92 Å². The molecule has 0 radical (unpaired) electrons. The summed E-state index contributed by atoms with van der Waals surface area (Å²) in [5, 5.41) is 0. The molecule has 1 aliphatic heterocycles. The fourth-order valence-corrected chi connectivity index (χ4v) is 1.55. The molecule has 0 bridgehead atoms. The molecule has 1 amide bonds. The first-order valence-corrected chi connectivity index (χ1v) is 4.30. The molecule has 1 heterocycles. The summed E-state index contributed by atoms with van der Waals surface area (Å²) >= 11 is 0. The molecule has 76 valence electrons. The van der Waals surface area contributed by atoms with E-state index in [-0.39, 0.29) is 19.4 Å². The Morgan fingerprint density at radius 2 is 1.92 bits per heavy atom. The van der Waals surface area contributed by atoms with Crippen LogP contribution in [-0.2, 0) is 4.79 Å². The summed E-state index contributed by atoms with van der Waals surface area (Å²) in [6, 6.07) is 0. The van der Waals surface area contributed by atoms with Gasteiger partial charge in [-0.2, -0.15) is 13.2 Å². The predicted octanol–water partition coefficient (Wildman–Crippen LogP) is 1.81. The van der Waals surface area contributed by atoms with Gasteiger partial charge in [-0.3, -0.25) is 4.79 Å². The second-order valence-electron chi connectivity index (χ2n) is 3.31. The number of hydrogen-bond donors (Lipinski definition) is 0. The Hall–Kier alpha value is -0.740. The number of likely N-dealkylation sites (tertiary alicyclic amines) is 1. The summed E-state index contributed by atoms with van der Waals surface area (Å²) in [6.07, 6.45) is -2.84. The Morgan fingerprint density at radius 3 is 2.46 bits per heavy atom. The Balaban J connectivity index is 2.49. The van der Waals surface area contributed by atoms with E-state index in [0.717, 1.165) is 0 Å². The molecule has 1 atom stereocenters. The van der Waals surface area contributed by atoms with E-state index in [1.165, 1.54) is 4.90 Å². The second-order valence-corrected chi connectivity index (χ2v) is 3.31. The minimum absolute atomic E-state index is 0.0439. The molecule has 0 aromatic rings. The van der Waals surface area contributed by atoms with Crippen LogP contribution in [0.5, 0.6) is 0 Å². The van der Waals surface area contributed by atoms with Gasteiger partial charge in [0.1, 0.15) is 0 Å². The zero-order chi connectivity index (χ0) is 9.90. The van der Waals surface area contributed by atoms with Crippen molar-refractivity contribution >= 4 is 6.41 Å². The topological polar surface area (TPSA) is 20.3 Å². The highest BCUT2D eigenvalue weighted by molar-refractivity contribution is 5.46. The molecule has 2 nitrogen and oxygen atoms in total. The molecule has 0 spiro atoms. The van der Waals surface area contributed by atoms with Crippen LogP contribution in [0.15, 0.2) is 0 Å². The molecule has 1 saturated heterocycles. The Bertz CT molecular complexity index is 181. The second kappa shape index (κ2) is 3.98. The van der Waals surface area contributed by atoms with E-state index >= 15 is 0 Å². The monoisotopic (exact) mass is 195 g/mol. The predicted molar refractivity (Wildman–Crippen MR) is 41.0 cm³/mol. The standard InChI is InChI=1S/C8H12F3NO/c9-8(10,11)7-2-1-4-12(6-13)5-3-7/h6-7H,1-5H2. The quantitative estimate of drug-likeness (QED) is 0.584. The summed E-state index contributed by atoms with van der Waals surface area (Å²) < 4.78 is 36.7. The number of carbonyl (C=O) groups excluding carboxylic acids is 1. The van der Waals surface area contributed by atoms with Gasteiger partial charge in [-0.25, -0.2) is 0 Å². The van der Waals surface area contributed by atoms with Gasteiger partial charge in [-0.1, -0.05) is 0 Å². The van der Waals surface area contributed by atoms with Crippen molar-refractivity contribution in [1.82, 2.24) is 4.90 Å². The summed E-state index contributed by atoms with van der Waals surface area (Å²) in [7, 11) is 0. The number of amides is 1. The number of carbonyl (C=O) groups is 1. The van der Waals surface area contributed by atoms with Crippen molar-refractivity contribution in [3.63, 3.8) is 0 Å². The zero-order valence-corrected chi connectivity index (χ0v) is 7.18. The Morgan fingerprint density at radius 1 is 1.23 bits per heavy atom. The van der Waals surface area contributed by atoms with Gasteiger partial charge in [0, 0.05) is 13.1 Å². The average Bonchev–Trinajstić information content (AvgIpc) is 2.26. The summed E-state index contributed by atoms with van der Waals surface area (Å²) in [4.78, 5) is 11.7. The van der Waals surface area contributed by atoms with Crippen LogP contribution in [-0.4, -0.2) is 30.6 Å². The maximum atomic E-state index is 12.2. The van der Waals surface area contributed by atoms with Crippen LogP contribution in [0.3, 0.4) is 0 Å². The van der Waals surface area contributed by atoms with Crippen molar-refractivity contribution in [2.45, 2.75) is 25.4 Å². The highest BCUT2D eigenvalue weighted by atomic mass is 19.4. The normalized spacial score (nSPS) is 25.5. The number of rotatable bonds is 1. The first-order chi connectivity index (χ1) is 6.04. The molecular weight excluding hydrogens is 183 g/mol. The molecule has 0 aliphatic carbocycles. The third kappa shape index (κ3) is 2.90. The fourth-order valence-electron chi connectivity index (χ4n) is 1.55. The number of nitrogens with zero attached hydrogens (tertiary/aromatic N) is 1. The van der Waals surface area contributed by atoms with E-state index < -0.39 is 12.1 Å². The van der Waals surface area contributed by atoms with Gasteiger partial charge in [0.2, 0.25) is 6.41 Å². The largest absolute Gasteiger partial charge is 0.391 e. The Kier molecular flexibility index (Phi) is 3.17. The maximum absolute atomic E-state index is 12.2. The Labute approximate surface area is 74.7 Å². The average molecular weight is 195 g/mol. The molecule has 13 heavy (non-hydrogen) atoms. The van der Waals surface area contributed by atoms with Gasteiger partial charge < -0.3 is 4.90 Å². The van der Waals surface area contributed by atoms with E-state index in [1.807, 2.05) is 0 Å². The van der Waals surface area contributed by atoms with E-state index in [1.54, 1.807) is 0 Å². The van der Waals surface area contributed by atoms with Crippen LogP contribution in [0, 0.1) is 5.92 Å². The van der Waals surface area contributed by atoms with Crippen LogP contribution in [0.1, 0.15) is 19.3 Å². The molecule has 0 saturated carbocycles. The van der Waals surface area contributed by atoms with Crippen molar-refractivity contribution < 1.29 is 18.0 Å². The van der Waals surface area contributed by atoms with Gasteiger partial charge in [0.15, 0.2) is 0 Å². The first kappa shape index (κ1) is 10.3. The van der Waals surface area contributed by atoms with Crippen LogP contribution in [0.2, 0.25) is 0 Å². The van der Waals surface area contributed by atoms with E-state index in [4.69, 9.17) is 0 Å². The zero-order valence-electron chi connectivity index (χ0n) is 7.18. The van der Waals surface area contributed by atoms with Gasteiger partial charge in [0.05, 0.1) is 5.92 Å². The molecule has 0 aromatic heterocycles. The first-order valence-electron chi connectivity index (χ1n) is 4.30. The van der Waals surface area contributed by atoms with E-state index in [0.29, 0.717) is 19.4 Å². The maximum Gasteiger partial charge on any atom is 0.391 e. The van der Waals surface area contributed by atoms with Crippen LogP contribution >= 0.6 is 0 Å². The van der Waals surface area contributed by atoms with Gasteiger partial charge >= 0.3 is 6.18 Å². The van der Waals surface area contributed by atoms with E-state index in [2.05, 4.69) is 0 Å². The molecule has 0 aromatic carbocycles. The lowest BCUT2D eigenvalue weighted by Gasteiger charge is -2.17. The molecule has 1 unspecified atom stereocenters. The molecule has 0 N–H and O–H groups in total. The summed E-state index contributed by atoms with van der Waals surface area (Å²) in [6.45, 7) is 0.684. The molecule has 1 rings (SSSR count). The fraction of sp³-hybridized carbons (Fsp3) is 0.875. The molecule has 1 aliphatic rings. The lowest BCUT2D eigenvalue weighted by Crippen LogP contribution is -2.26. The van der Waals surface area contributed by atoms with Crippen LogP contribution in [0.4, 0.5) is 13.2 Å². The number of halogens is 3. The smallest absolute Gasteiger partial charge is 0.345 e. The van der Waals surface area contributed by atoms with Crippen LogP contribution < -0.4 is 0 Å². The molecular formula is C8H12F3NO. The third-order valence-corrected chi connectivity index (χ3v) is 2.37. The highest BCUT2D eigenvalue weighted by Gasteiger charge is 2.39. The van der Waals surface area contributed by atoms with Crippen molar-refractivity contribution in [3.05, 3.63) is 0 Å². The minimum Gasteiger partial charge on any atom is -0.345 e. The van der Waals surface area contributed by atoms with E-state index in [9.17, 15) is 18.0 Å². The lowest BCUT2D eigenvalue weighted by atomic mass is 10.0. The molecule has 5 heteroatoms. The lowest BCUT2D eigenvalue weighted by molar-refractivity contribution is -0.177. The van der Waals surface area contributed by atoms with Gasteiger partial charge in [-0.15, -0.1) is 0 Å². The summed E-state index contributed by atoms with van der Waals surface area (Å²) in [5.41, 5.74) is 0. The highest BCUT2D eigenvalue weighted by Crippen LogP contribution is 2.33. The minimum atomic E-state index is -4.10. The van der Waals surface area contributed by atoms with Gasteiger partial charge in [0.25, 0.3) is 0 Å². The van der Waals surface area contributed by atoms with Crippen molar-refractivity contribution in [2.75, 3.05) is 13.1 Å². The van der Waals surface area contributed by atoms with Gasteiger partial charge in [-0.05, 0) is 19.3 Å². The number of alkyl halides is 3. The SMILES string of the molecule is O=CN1CCCC(C(F)(F)F)CC1. The van der Waals surface area contributed by atoms with Crippen molar-refractivity contribution in [3.8, 4) is 0 Å². The molecule has 1 fully saturated rings. The number of hydrogen-bond acceptors (Lipinski definition) is 1. The summed E-state index contributed by atoms with van der Waals surface area (Å²) in [5.74, 6) is -1.22. The van der Waals surface area contributed by atoms with Crippen LogP contribution in [0.25, 0.3) is 0 Å². The van der Waals surface area contributed by atoms with Crippen molar-refractivity contribution in [1.29, 1.82) is 0 Å².